The maximum absolute atomic E-state index is 10.4. The van der Waals surface area contributed by atoms with Gasteiger partial charge in [-0.3, -0.25) is 0 Å². The van der Waals surface area contributed by atoms with Gasteiger partial charge >= 0.3 is 0 Å². The minimum atomic E-state index is -0.818. The molecule has 0 bridgehead atoms. The summed E-state index contributed by atoms with van der Waals surface area (Å²) in [6.45, 7) is 0. The van der Waals surface area contributed by atoms with Crippen molar-refractivity contribution in [3.63, 3.8) is 0 Å². The van der Waals surface area contributed by atoms with Crippen molar-refractivity contribution in [3.8, 4) is 60.7 Å². The summed E-state index contributed by atoms with van der Waals surface area (Å²) in [4.78, 5) is 0. The van der Waals surface area contributed by atoms with Crippen molar-refractivity contribution in [1.82, 2.24) is 0 Å². The van der Waals surface area contributed by atoms with E-state index in [1.807, 2.05) is 48.6 Å². The lowest BCUT2D eigenvalue weighted by molar-refractivity contribution is 0.740. The fraction of sp³-hybridized carbons (Fsp3) is 0.0556. The second-order valence-electron chi connectivity index (χ2n) is 10.0. The zero-order valence-electron chi connectivity index (χ0n) is 23.3. The summed E-state index contributed by atoms with van der Waals surface area (Å²) in [6, 6.07) is 28.2. The van der Waals surface area contributed by atoms with Gasteiger partial charge in [0.15, 0.2) is 0 Å². The van der Waals surface area contributed by atoms with Gasteiger partial charge in [-0.2, -0.15) is 52.6 Å². The van der Waals surface area contributed by atoms with Gasteiger partial charge in [-0.05, 0) is 82.3 Å². The molecule has 1 unspecified atom stereocenters. The van der Waals surface area contributed by atoms with E-state index >= 15 is 0 Å². The van der Waals surface area contributed by atoms with Crippen LogP contribution in [0.4, 0.5) is 0 Å². The first kappa shape index (κ1) is 29.3. The van der Waals surface area contributed by atoms with Crippen molar-refractivity contribution in [1.29, 1.82) is 52.6 Å². The minimum absolute atomic E-state index is 0.0354. The molecule has 0 radical (unpaired) electrons. The number of allylic oxidation sites excluding steroid dienone is 12. The maximum atomic E-state index is 10.4. The molecule has 10 nitrogen and oxygen atoms in total. The molecule has 0 aromatic heterocycles. The molecule has 0 saturated carbocycles. The summed E-state index contributed by atoms with van der Waals surface area (Å²) in [6.07, 6.45) is 1.51. The molecule has 0 saturated heterocycles. The van der Waals surface area contributed by atoms with Crippen LogP contribution in [0.1, 0.15) is 39.8 Å². The number of nitrogens with zero attached hydrogens (tertiary/aromatic N) is 10. The Kier molecular flexibility index (Phi) is 7.37. The maximum Gasteiger partial charge on any atom is 0.137 e. The van der Waals surface area contributed by atoms with E-state index < -0.39 is 5.92 Å². The molecule has 0 amide bonds. The van der Waals surface area contributed by atoms with Crippen molar-refractivity contribution in [2.45, 2.75) is 6.42 Å². The molecule has 2 aromatic carbocycles. The highest BCUT2D eigenvalue weighted by molar-refractivity contribution is 6.01. The van der Waals surface area contributed by atoms with Gasteiger partial charge in [0, 0.05) is 22.6 Å². The molecular formula is C36H10N10. The van der Waals surface area contributed by atoms with Crippen molar-refractivity contribution in [2.24, 2.45) is 5.92 Å². The second-order valence-corrected chi connectivity index (χ2v) is 10.0. The molecule has 3 aliphatic carbocycles. The average molecular weight is 583 g/mol. The monoisotopic (exact) mass is 582 g/mol. The van der Waals surface area contributed by atoms with Gasteiger partial charge in [0.1, 0.15) is 47.6 Å². The number of hydrogen-bond donors (Lipinski definition) is 0. The van der Waals surface area contributed by atoms with Crippen LogP contribution in [0.2, 0.25) is 0 Å². The minimum Gasteiger partial charge on any atom is -0.192 e. The molecule has 10 heteroatoms. The molecule has 0 spiro atoms. The first-order chi connectivity index (χ1) is 22.4. The Bertz CT molecular complexity index is 2400. The number of fused-ring (bicyclic) bond motifs is 1. The Morgan fingerprint density at radius 1 is 0.522 bits per heavy atom. The van der Waals surface area contributed by atoms with Crippen molar-refractivity contribution in [2.75, 3.05) is 0 Å². The van der Waals surface area contributed by atoms with Crippen molar-refractivity contribution in [3.05, 3.63) is 126 Å². The van der Waals surface area contributed by atoms with Gasteiger partial charge in [-0.1, -0.05) is 0 Å². The van der Waals surface area contributed by atoms with Crippen LogP contribution in [0.25, 0.3) is 11.1 Å². The number of benzene rings is 2. The Hall–Kier alpha value is -8.22. The summed E-state index contributed by atoms with van der Waals surface area (Å²) in [7, 11) is 0. The summed E-state index contributed by atoms with van der Waals surface area (Å²) in [5.41, 5.74) is 2.05. The molecule has 5 rings (SSSR count). The second kappa shape index (κ2) is 11.6. The highest BCUT2D eigenvalue weighted by Crippen LogP contribution is 2.57. The summed E-state index contributed by atoms with van der Waals surface area (Å²) < 4.78 is 0. The molecule has 3 aliphatic rings. The molecule has 1 atom stereocenters. The summed E-state index contributed by atoms with van der Waals surface area (Å²) in [5, 5.41) is 99.3. The molecule has 204 valence electrons. The highest BCUT2D eigenvalue weighted by Gasteiger charge is 2.44. The molecule has 0 aliphatic heterocycles. The molecule has 46 heavy (non-hydrogen) atoms. The normalized spacial score (nSPS) is 15.5. The topological polar surface area (TPSA) is 238 Å². The molecule has 0 fully saturated rings. The molecule has 2 aromatic rings. The van der Waals surface area contributed by atoms with Crippen LogP contribution >= 0.6 is 0 Å². The van der Waals surface area contributed by atoms with Crippen LogP contribution < -0.4 is 0 Å². The zero-order chi connectivity index (χ0) is 33.1. The summed E-state index contributed by atoms with van der Waals surface area (Å²) >= 11 is 0. The smallest absolute Gasteiger partial charge is 0.137 e. The van der Waals surface area contributed by atoms with Crippen molar-refractivity contribution >= 4 is 11.1 Å². The quantitative estimate of drug-likeness (QED) is 0.409. The van der Waals surface area contributed by atoms with Crippen LogP contribution in [-0.2, 0) is 0 Å². The van der Waals surface area contributed by atoms with Gasteiger partial charge in [0.2, 0.25) is 0 Å². The van der Waals surface area contributed by atoms with E-state index in [-0.39, 0.29) is 84.4 Å². The number of rotatable bonds is 2. The number of hydrogen-bond acceptors (Lipinski definition) is 10. The first-order valence-corrected chi connectivity index (χ1v) is 13.1. The van der Waals surface area contributed by atoms with Crippen LogP contribution in [0.3, 0.4) is 0 Å². The van der Waals surface area contributed by atoms with Gasteiger partial charge in [0.25, 0.3) is 0 Å². The summed E-state index contributed by atoms with van der Waals surface area (Å²) in [5.74, 6) is -0.818. The average Bonchev–Trinajstić information content (AvgIpc) is 3.59. The van der Waals surface area contributed by atoms with E-state index in [2.05, 4.69) is 12.1 Å². The lowest BCUT2D eigenvalue weighted by atomic mass is 9.77. The standard InChI is InChI=1S/C36H10N10/c37-9-19-1-20(10-38)4-23(3-19)33-31(17-45)27-7-28-30(8-29(27)35(33)25(13-41)14-42)36(26(15-43)16-44)34(32(28)18-46)24-5-21(11-39)2-22(6-24)12-40/h1-7,29H,8H2. The predicted octanol–water partition coefficient (Wildman–Crippen LogP) is 5.39. The van der Waals surface area contributed by atoms with E-state index in [0.717, 1.165) is 0 Å². The van der Waals surface area contributed by atoms with Gasteiger partial charge in [-0.25, -0.2) is 0 Å². The zero-order valence-corrected chi connectivity index (χ0v) is 23.3. The third-order valence-electron chi connectivity index (χ3n) is 7.79. The van der Waals surface area contributed by atoms with Gasteiger partial charge in [0.05, 0.1) is 57.7 Å². The Morgan fingerprint density at radius 2 is 0.978 bits per heavy atom. The predicted molar refractivity (Wildman–Crippen MR) is 157 cm³/mol. The van der Waals surface area contributed by atoms with Crippen molar-refractivity contribution < 1.29 is 0 Å². The fourth-order valence-electron chi connectivity index (χ4n) is 6.08. The van der Waals surface area contributed by atoms with Crippen LogP contribution in [0.5, 0.6) is 0 Å². The Morgan fingerprint density at radius 3 is 1.39 bits per heavy atom. The molecular weight excluding hydrogens is 572 g/mol. The van der Waals surface area contributed by atoms with Crippen LogP contribution in [0.15, 0.2) is 92.6 Å². The SMILES string of the molecule is N#CC(C#N)=C1C2=C(C=C3C(C#N)=C(c4cc(C#N)cc(C#N)c4)C(=C(C#N)C#N)C3C2)C(C#N)=C1c1cc(C#N)cc(C#N)c1. The Balaban J connectivity index is 1.90. The molecule has 0 heterocycles. The van der Waals surface area contributed by atoms with Gasteiger partial charge < -0.3 is 0 Å². The van der Waals surface area contributed by atoms with E-state index in [0.29, 0.717) is 16.7 Å². The van der Waals surface area contributed by atoms with Crippen LogP contribution in [-0.4, -0.2) is 0 Å². The fourth-order valence-corrected chi connectivity index (χ4v) is 6.08. The van der Waals surface area contributed by atoms with E-state index in [9.17, 15) is 52.6 Å². The largest absolute Gasteiger partial charge is 0.192 e. The first-order valence-electron chi connectivity index (χ1n) is 13.1. The third kappa shape index (κ3) is 4.35. The van der Waals surface area contributed by atoms with E-state index in [1.165, 1.54) is 36.4 Å². The number of nitriles is 10. The van der Waals surface area contributed by atoms with E-state index in [1.54, 1.807) is 6.08 Å². The third-order valence-corrected chi connectivity index (χ3v) is 7.79. The van der Waals surface area contributed by atoms with Crippen LogP contribution in [0, 0.1) is 119 Å². The Labute approximate surface area is 262 Å². The van der Waals surface area contributed by atoms with E-state index in [4.69, 9.17) is 0 Å². The van der Waals surface area contributed by atoms with Gasteiger partial charge in [-0.15, -0.1) is 0 Å². The lowest BCUT2D eigenvalue weighted by Gasteiger charge is -2.23. The lowest BCUT2D eigenvalue weighted by Crippen LogP contribution is -2.12. The molecule has 0 N–H and O–H groups in total. The highest BCUT2D eigenvalue weighted by atomic mass is 14.5.